The molecule has 0 aliphatic carbocycles. The van der Waals surface area contributed by atoms with E-state index in [1.165, 1.54) is 0 Å². The maximum Gasteiger partial charge on any atom is 0.0850 e. The summed E-state index contributed by atoms with van der Waals surface area (Å²) >= 11 is 13.2. The number of benzene rings is 2. The lowest BCUT2D eigenvalue weighted by molar-refractivity contribution is 0.0342. The van der Waals surface area contributed by atoms with Crippen molar-refractivity contribution in [1.82, 2.24) is 4.90 Å². The minimum Gasteiger partial charge on any atom is -0.379 e. The lowest BCUT2D eigenvalue weighted by atomic mass is 10.0. The first-order valence-corrected chi connectivity index (χ1v) is 8.87. The van der Waals surface area contributed by atoms with E-state index in [1.54, 1.807) is 0 Å². The van der Waals surface area contributed by atoms with Gasteiger partial charge in [-0.1, -0.05) is 35.3 Å². The lowest BCUT2D eigenvalue weighted by Gasteiger charge is -2.27. The minimum atomic E-state index is 0.677. The van der Waals surface area contributed by atoms with Crippen LogP contribution in [0.3, 0.4) is 0 Å². The summed E-state index contributed by atoms with van der Waals surface area (Å²) in [6.07, 6.45) is 0. The Bertz CT molecular complexity index is 760. The average Bonchev–Trinajstić information content (AvgIpc) is 3.06. The smallest absolute Gasteiger partial charge is 0.0850 e. The number of anilines is 2. The van der Waals surface area contributed by atoms with Gasteiger partial charge in [-0.3, -0.25) is 4.90 Å². The molecule has 0 radical (unpaired) electrons. The minimum absolute atomic E-state index is 0.677. The Morgan fingerprint density at radius 1 is 1.00 bits per heavy atom. The summed E-state index contributed by atoms with van der Waals surface area (Å²) in [5.41, 5.74) is 5.22. The monoisotopic (exact) mass is 363 g/mol. The van der Waals surface area contributed by atoms with E-state index in [2.05, 4.69) is 33.7 Å². The molecule has 2 aliphatic rings. The summed E-state index contributed by atoms with van der Waals surface area (Å²) in [5, 5.41) is 8.00. The fourth-order valence-electron chi connectivity index (χ4n) is 3.22. The van der Waals surface area contributed by atoms with Gasteiger partial charge in [0.2, 0.25) is 0 Å². The van der Waals surface area contributed by atoms with Crippen molar-refractivity contribution in [1.29, 1.82) is 0 Å². The van der Waals surface area contributed by atoms with Crippen LogP contribution in [0.25, 0.3) is 11.1 Å². The Labute approximate surface area is 151 Å². The summed E-state index contributed by atoms with van der Waals surface area (Å²) in [6, 6.07) is 10.2. The van der Waals surface area contributed by atoms with Crippen LogP contribution in [0.5, 0.6) is 0 Å². The number of hydrogen-bond acceptors (Lipinski definition) is 4. The molecule has 2 aromatic rings. The number of hydrogen-bond donors (Lipinski definition) is 2. The quantitative estimate of drug-likeness (QED) is 0.852. The fourth-order valence-corrected chi connectivity index (χ4v) is 3.87. The highest BCUT2D eigenvalue weighted by atomic mass is 35.5. The van der Waals surface area contributed by atoms with Gasteiger partial charge in [-0.25, -0.2) is 0 Å². The average molecular weight is 364 g/mol. The van der Waals surface area contributed by atoms with Crippen LogP contribution in [-0.4, -0.2) is 37.9 Å². The third-order valence-electron chi connectivity index (χ3n) is 4.53. The zero-order chi connectivity index (χ0) is 16.5. The normalized spacial score (nSPS) is 17.2. The van der Waals surface area contributed by atoms with Crippen molar-refractivity contribution in [2.24, 2.45) is 0 Å². The van der Waals surface area contributed by atoms with E-state index in [0.29, 0.717) is 5.02 Å². The Balaban J connectivity index is 1.68. The third-order valence-corrected chi connectivity index (χ3v) is 5.28. The van der Waals surface area contributed by atoms with E-state index in [-0.39, 0.29) is 0 Å². The Morgan fingerprint density at radius 2 is 1.79 bits per heavy atom. The van der Waals surface area contributed by atoms with Gasteiger partial charge in [0.15, 0.2) is 0 Å². The Morgan fingerprint density at radius 3 is 2.62 bits per heavy atom. The van der Waals surface area contributed by atoms with Crippen LogP contribution < -0.4 is 10.6 Å². The van der Waals surface area contributed by atoms with Gasteiger partial charge in [-0.2, -0.15) is 0 Å². The van der Waals surface area contributed by atoms with E-state index in [9.17, 15) is 0 Å². The van der Waals surface area contributed by atoms with E-state index in [0.717, 1.165) is 72.6 Å². The molecule has 0 saturated carbocycles. The van der Waals surface area contributed by atoms with Crippen molar-refractivity contribution in [3.05, 3.63) is 45.9 Å². The molecular weight excluding hydrogens is 345 g/mol. The highest BCUT2D eigenvalue weighted by molar-refractivity contribution is 6.39. The van der Waals surface area contributed by atoms with Crippen molar-refractivity contribution in [3.8, 4) is 11.1 Å². The van der Waals surface area contributed by atoms with Gasteiger partial charge in [-0.15, -0.1) is 0 Å². The van der Waals surface area contributed by atoms with Crippen molar-refractivity contribution in [3.63, 3.8) is 0 Å². The maximum absolute atomic E-state index is 6.74. The molecule has 4 rings (SSSR count). The van der Waals surface area contributed by atoms with E-state index in [4.69, 9.17) is 27.9 Å². The van der Waals surface area contributed by atoms with Crippen LogP contribution in [0.2, 0.25) is 10.0 Å². The van der Waals surface area contributed by atoms with Gasteiger partial charge >= 0.3 is 0 Å². The summed E-state index contributed by atoms with van der Waals surface area (Å²) in [4.78, 5) is 2.36. The van der Waals surface area contributed by atoms with Crippen LogP contribution in [0.1, 0.15) is 5.56 Å². The van der Waals surface area contributed by atoms with Gasteiger partial charge < -0.3 is 15.4 Å². The summed E-state index contributed by atoms with van der Waals surface area (Å²) in [6.45, 7) is 4.99. The third kappa shape index (κ3) is 3.07. The summed E-state index contributed by atoms with van der Waals surface area (Å²) in [7, 11) is 0. The molecule has 2 aromatic carbocycles. The zero-order valence-electron chi connectivity index (χ0n) is 13.2. The van der Waals surface area contributed by atoms with Crippen LogP contribution in [-0.2, 0) is 11.3 Å². The molecule has 2 N–H and O–H groups in total. The molecule has 4 nitrogen and oxygen atoms in total. The molecule has 24 heavy (non-hydrogen) atoms. The molecule has 0 unspecified atom stereocenters. The second-order valence-electron chi connectivity index (χ2n) is 6.07. The Hall–Kier alpha value is -1.46. The standard InChI is InChI=1S/C18H19Cl2N3O/c19-14-3-1-13(10-23-5-7-24-8-6-23)18(20)17(14)12-2-4-15-16(9-12)22-11-21-15/h1-4,9,21-22H,5-8,10-11H2. The molecule has 0 aromatic heterocycles. The number of rotatable bonds is 3. The fraction of sp³-hybridized carbons (Fsp3) is 0.333. The van der Waals surface area contributed by atoms with Gasteiger partial charge in [-0.05, 0) is 29.3 Å². The van der Waals surface area contributed by atoms with Gasteiger partial charge in [0.25, 0.3) is 0 Å². The molecule has 0 amide bonds. The molecule has 0 atom stereocenters. The summed E-state index contributed by atoms with van der Waals surface area (Å²) < 4.78 is 5.41. The topological polar surface area (TPSA) is 36.5 Å². The molecule has 6 heteroatoms. The van der Waals surface area contributed by atoms with Crippen molar-refractivity contribution < 1.29 is 4.74 Å². The number of nitrogens with zero attached hydrogens (tertiary/aromatic N) is 1. The van der Waals surface area contributed by atoms with Crippen LogP contribution in [0.15, 0.2) is 30.3 Å². The number of ether oxygens (including phenoxy) is 1. The van der Waals surface area contributed by atoms with Crippen LogP contribution in [0.4, 0.5) is 11.4 Å². The van der Waals surface area contributed by atoms with Crippen LogP contribution in [0, 0.1) is 0 Å². The highest BCUT2D eigenvalue weighted by Gasteiger charge is 2.18. The van der Waals surface area contributed by atoms with Gasteiger partial charge in [0.05, 0.1) is 36.3 Å². The van der Waals surface area contributed by atoms with Crippen molar-refractivity contribution in [2.45, 2.75) is 6.54 Å². The molecule has 2 aliphatic heterocycles. The molecular formula is C18H19Cl2N3O. The number of fused-ring (bicyclic) bond motifs is 1. The van der Waals surface area contributed by atoms with Crippen LogP contribution >= 0.6 is 23.2 Å². The molecule has 1 saturated heterocycles. The number of nitrogens with one attached hydrogen (secondary N) is 2. The van der Waals surface area contributed by atoms with E-state index >= 15 is 0 Å². The second kappa shape index (κ2) is 6.81. The highest BCUT2D eigenvalue weighted by Crippen LogP contribution is 2.40. The Kier molecular flexibility index (Phi) is 4.55. The molecule has 0 spiro atoms. The second-order valence-corrected chi connectivity index (χ2v) is 6.86. The first-order chi connectivity index (χ1) is 11.7. The van der Waals surface area contributed by atoms with Gasteiger partial charge in [0.1, 0.15) is 0 Å². The largest absolute Gasteiger partial charge is 0.379 e. The van der Waals surface area contributed by atoms with Crippen molar-refractivity contribution in [2.75, 3.05) is 43.6 Å². The number of morpholine rings is 1. The predicted molar refractivity (Wildman–Crippen MR) is 100 cm³/mol. The van der Waals surface area contributed by atoms with Gasteiger partial charge in [0, 0.05) is 30.2 Å². The van der Waals surface area contributed by atoms with E-state index < -0.39 is 0 Å². The summed E-state index contributed by atoms with van der Waals surface area (Å²) in [5.74, 6) is 0. The first kappa shape index (κ1) is 16.0. The molecule has 0 bridgehead atoms. The zero-order valence-corrected chi connectivity index (χ0v) is 14.8. The van der Waals surface area contributed by atoms with Crippen molar-refractivity contribution >= 4 is 34.6 Å². The first-order valence-electron chi connectivity index (χ1n) is 8.11. The predicted octanol–water partition coefficient (Wildman–Crippen LogP) is 4.29. The molecule has 2 heterocycles. The molecule has 126 valence electrons. The molecule has 1 fully saturated rings. The maximum atomic E-state index is 6.74. The van der Waals surface area contributed by atoms with E-state index in [1.807, 2.05) is 12.1 Å². The number of halogens is 2. The SMILES string of the molecule is Clc1ccc(CN2CCOCC2)c(Cl)c1-c1ccc2c(c1)NCN2. The lowest BCUT2D eigenvalue weighted by Crippen LogP contribution is -2.35.